The van der Waals surface area contributed by atoms with Gasteiger partial charge in [0.15, 0.2) is 11.5 Å². The van der Waals surface area contributed by atoms with Gasteiger partial charge in [-0.25, -0.2) is 4.79 Å². The van der Waals surface area contributed by atoms with Gasteiger partial charge < -0.3 is 35.2 Å². The van der Waals surface area contributed by atoms with Crippen LogP contribution in [-0.4, -0.2) is 89.3 Å². The first-order valence-corrected chi connectivity index (χ1v) is 14.9. The van der Waals surface area contributed by atoms with Crippen molar-refractivity contribution in [1.82, 2.24) is 19.8 Å². The van der Waals surface area contributed by atoms with Crippen LogP contribution in [0.15, 0.2) is 42.5 Å². The fourth-order valence-corrected chi connectivity index (χ4v) is 5.68. The van der Waals surface area contributed by atoms with Crippen molar-refractivity contribution in [2.24, 2.45) is 0 Å². The van der Waals surface area contributed by atoms with Gasteiger partial charge in [-0.3, -0.25) is 4.79 Å². The number of hydrogen-bond donors (Lipinski definition) is 2. The number of nitrogen functional groups attached to an aromatic ring is 1. The fourth-order valence-electron chi connectivity index (χ4n) is 5.68. The Balaban J connectivity index is 1.45. The predicted octanol–water partition coefficient (Wildman–Crippen LogP) is 4.28. The minimum atomic E-state index is -0.672. The molecule has 0 saturated carbocycles. The quantitative estimate of drug-likeness (QED) is 0.402. The summed E-state index contributed by atoms with van der Waals surface area (Å²) < 4.78 is 11.7. The molecule has 2 aliphatic heterocycles. The lowest BCUT2D eigenvalue weighted by Crippen LogP contribution is -2.56. The first kappa shape index (κ1) is 30.8. The molecule has 5 rings (SSSR count). The van der Waals surface area contributed by atoms with Gasteiger partial charge >= 0.3 is 12.1 Å². The van der Waals surface area contributed by atoms with Gasteiger partial charge in [-0.15, -0.1) is 0 Å². The molecular formula is C32H40N8O4. The van der Waals surface area contributed by atoms with E-state index in [0.717, 1.165) is 30.2 Å². The number of likely N-dealkylation sites (N-methyl/N-ethyl adjacent to an activating group) is 1. The topological polar surface area (TPSA) is 150 Å². The molecular weight excluding hydrogens is 560 g/mol. The van der Waals surface area contributed by atoms with Gasteiger partial charge in [-0.05, 0) is 58.7 Å². The van der Waals surface area contributed by atoms with E-state index in [-0.39, 0.29) is 42.9 Å². The number of nitrogens with one attached hydrogen (secondary N) is 1. The molecule has 1 aromatic heterocycles. The van der Waals surface area contributed by atoms with E-state index in [0.29, 0.717) is 24.7 Å². The molecule has 2 fully saturated rings. The van der Waals surface area contributed by atoms with Crippen LogP contribution in [0, 0.1) is 11.3 Å². The van der Waals surface area contributed by atoms with Crippen LogP contribution in [-0.2, 0) is 4.74 Å². The molecule has 0 spiro atoms. The lowest BCUT2D eigenvalue weighted by Gasteiger charge is -2.41. The molecule has 232 valence electrons. The van der Waals surface area contributed by atoms with Crippen LogP contribution in [0.4, 0.5) is 22.0 Å². The van der Waals surface area contributed by atoms with Gasteiger partial charge in [0, 0.05) is 36.7 Å². The standard InChI is InChI=1S/C32H40N8O4/c1-32(2,3)44-31(42)40-18-17-39(19-22(40)14-15-33)28-26(34)27(36-30(37-28)43-20-23-11-8-16-38(23)4)29(41)35-25-13-7-10-21-9-5-6-12-24(21)25/h5-7,9-10,12-13,22-23H,8,11,14,16-20,34H2,1-4H3,(H,35,41)/t22-,23-/m0/s1. The number of fused-ring (bicyclic) bond motifs is 1. The van der Waals surface area contributed by atoms with E-state index in [1.807, 2.05) is 47.4 Å². The minimum absolute atomic E-state index is 0.0101. The average Bonchev–Trinajstić information content (AvgIpc) is 3.40. The van der Waals surface area contributed by atoms with Crippen LogP contribution in [0.1, 0.15) is 50.5 Å². The van der Waals surface area contributed by atoms with Crippen LogP contribution in [0.25, 0.3) is 10.8 Å². The maximum atomic E-state index is 13.7. The number of hydrogen-bond acceptors (Lipinski definition) is 10. The SMILES string of the molecule is CN1CCC[C@H]1COc1nc(C(=O)Nc2cccc3ccccc23)c(N)c(N2CCN(C(=O)OC(C)(C)C)[C@@H](CC#N)C2)n1. The Labute approximate surface area is 257 Å². The van der Waals surface area contributed by atoms with Gasteiger partial charge in [0.1, 0.15) is 17.9 Å². The van der Waals surface area contributed by atoms with Crippen molar-refractivity contribution in [3.05, 3.63) is 48.2 Å². The molecule has 2 aliphatic rings. The second kappa shape index (κ2) is 12.9. The molecule has 2 amide bonds. The molecule has 2 atom stereocenters. The van der Waals surface area contributed by atoms with Crippen LogP contribution >= 0.6 is 0 Å². The highest BCUT2D eigenvalue weighted by molar-refractivity contribution is 6.11. The van der Waals surface area contributed by atoms with Crippen LogP contribution in [0.5, 0.6) is 6.01 Å². The van der Waals surface area contributed by atoms with Gasteiger partial charge in [0.05, 0.1) is 18.5 Å². The Morgan fingerprint density at radius 2 is 1.86 bits per heavy atom. The summed E-state index contributed by atoms with van der Waals surface area (Å²) in [6.07, 6.45) is 1.69. The molecule has 2 aromatic carbocycles. The number of piperazine rings is 1. The fraction of sp³-hybridized carbons (Fsp3) is 0.469. The highest BCUT2D eigenvalue weighted by Gasteiger charge is 2.35. The predicted molar refractivity (Wildman–Crippen MR) is 169 cm³/mol. The monoisotopic (exact) mass is 600 g/mol. The zero-order valence-corrected chi connectivity index (χ0v) is 25.7. The first-order chi connectivity index (χ1) is 21.0. The van der Waals surface area contributed by atoms with Crippen molar-refractivity contribution in [2.45, 2.75) is 57.7 Å². The van der Waals surface area contributed by atoms with E-state index in [9.17, 15) is 14.9 Å². The first-order valence-electron chi connectivity index (χ1n) is 14.9. The maximum absolute atomic E-state index is 13.7. The van der Waals surface area contributed by atoms with Crippen LogP contribution in [0.2, 0.25) is 0 Å². The zero-order valence-electron chi connectivity index (χ0n) is 25.7. The molecule has 12 heteroatoms. The summed E-state index contributed by atoms with van der Waals surface area (Å²) in [6.45, 7) is 7.68. The number of carbonyl (C=O) groups is 2. The molecule has 3 aromatic rings. The number of likely N-dealkylation sites (tertiary alicyclic amines) is 1. The van der Waals surface area contributed by atoms with Gasteiger partial charge in [-0.1, -0.05) is 36.4 Å². The summed E-state index contributed by atoms with van der Waals surface area (Å²) in [5.74, 6) is -0.170. The molecule has 0 bridgehead atoms. The number of nitriles is 1. The summed E-state index contributed by atoms with van der Waals surface area (Å²) in [5.41, 5.74) is 6.66. The Morgan fingerprint density at radius 3 is 2.59 bits per heavy atom. The summed E-state index contributed by atoms with van der Waals surface area (Å²) in [7, 11) is 2.05. The Kier molecular flexibility index (Phi) is 9.06. The summed E-state index contributed by atoms with van der Waals surface area (Å²) in [5, 5.41) is 14.4. The van der Waals surface area contributed by atoms with Crippen molar-refractivity contribution >= 4 is 40.0 Å². The number of benzene rings is 2. The lowest BCUT2D eigenvalue weighted by molar-refractivity contribution is 0.0145. The highest BCUT2D eigenvalue weighted by Crippen LogP contribution is 2.31. The molecule has 0 radical (unpaired) electrons. The van der Waals surface area contributed by atoms with Crippen molar-refractivity contribution in [3.8, 4) is 12.1 Å². The van der Waals surface area contributed by atoms with Crippen LogP contribution in [0.3, 0.4) is 0 Å². The molecule has 12 nitrogen and oxygen atoms in total. The molecule has 0 aliphatic carbocycles. The Morgan fingerprint density at radius 1 is 1.09 bits per heavy atom. The Bertz CT molecular complexity index is 1560. The second-order valence-electron chi connectivity index (χ2n) is 12.3. The third-order valence-electron chi connectivity index (χ3n) is 7.97. The van der Waals surface area contributed by atoms with E-state index in [2.05, 4.69) is 33.3 Å². The van der Waals surface area contributed by atoms with Crippen molar-refractivity contribution in [1.29, 1.82) is 5.26 Å². The van der Waals surface area contributed by atoms with Crippen molar-refractivity contribution < 1.29 is 19.1 Å². The number of nitrogens with two attached hydrogens (primary N) is 1. The number of rotatable bonds is 7. The summed E-state index contributed by atoms with van der Waals surface area (Å²) in [4.78, 5) is 41.5. The average molecular weight is 601 g/mol. The van der Waals surface area contributed by atoms with E-state index < -0.39 is 23.6 Å². The molecule has 3 N–H and O–H groups in total. The summed E-state index contributed by atoms with van der Waals surface area (Å²) in [6, 6.07) is 15.4. The molecule has 2 saturated heterocycles. The molecule has 44 heavy (non-hydrogen) atoms. The van der Waals surface area contributed by atoms with Crippen LogP contribution < -0.4 is 20.7 Å². The third-order valence-corrected chi connectivity index (χ3v) is 7.97. The van der Waals surface area contributed by atoms with Crippen molar-refractivity contribution in [2.75, 3.05) is 55.8 Å². The number of carbonyl (C=O) groups excluding carboxylic acids is 2. The number of nitrogens with zero attached hydrogens (tertiary/aromatic N) is 6. The van der Waals surface area contributed by atoms with Gasteiger partial charge in [-0.2, -0.15) is 15.2 Å². The number of anilines is 3. The van der Waals surface area contributed by atoms with Crippen molar-refractivity contribution in [3.63, 3.8) is 0 Å². The largest absolute Gasteiger partial charge is 0.462 e. The van der Waals surface area contributed by atoms with E-state index >= 15 is 0 Å². The van der Waals surface area contributed by atoms with E-state index in [4.69, 9.17) is 15.2 Å². The zero-order chi connectivity index (χ0) is 31.4. The van der Waals surface area contributed by atoms with Gasteiger partial charge in [0.25, 0.3) is 5.91 Å². The highest BCUT2D eigenvalue weighted by atomic mass is 16.6. The Hall–Kier alpha value is -4.63. The normalized spacial score (nSPS) is 19.1. The minimum Gasteiger partial charge on any atom is -0.462 e. The second-order valence-corrected chi connectivity index (χ2v) is 12.3. The third kappa shape index (κ3) is 6.94. The van der Waals surface area contributed by atoms with Gasteiger partial charge in [0.2, 0.25) is 0 Å². The smallest absolute Gasteiger partial charge is 0.410 e. The molecule has 0 unspecified atom stereocenters. The van der Waals surface area contributed by atoms with E-state index in [1.165, 1.54) is 0 Å². The lowest BCUT2D eigenvalue weighted by atomic mass is 10.1. The number of ether oxygens (including phenoxy) is 2. The maximum Gasteiger partial charge on any atom is 0.410 e. The van der Waals surface area contributed by atoms with E-state index in [1.54, 1.807) is 25.7 Å². The number of aromatic nitrogens is 2. The number of amides is 2. The summed E-state index contributed by atoms with van der Waals surface area (Å²) >= 11 is 0. The molecule has 3 heterocycles.